The van der Waals surface area contributed by atoms with Crippen LogP contribution >= 0.6 is 0 Å². The Labute approximate surface area is 92.5 Å². The molecule has 0 saturated heterocycles. The smallest absolute Gasteiger partial charge is 0.0564 e. The van der Waals surface area contributed by atoms with Gasteiger partial charge in [0.1, 0.15) is 0 Å². The number of pyridine rings is 1. The third-order valence-corrected chi connectivity index (χ3v) is 2.48. The lowest BCUT2D eigenvalue weighted by molar-refractivity contribution is 0.277. The Hall–Kier alpha value is -1.09. The Bertz CT molecular complexity index is 286. The molecule has 3 heteroatoms. The first-order valence-corrected chi connectivity index (χ1v) is 5.65. The third kappa shape index (κ3) is 3.88. The van der Waals surface area contributed by atoms with Gasteiger partial charge in [-0.15, -0.1) is 0 Å². The van der Waals surface area contributed by atoms with Crippen molar-refractivity contribution >= 4 is 5.69 Å². The molecule has 0 aromatic carbocycles. The van der Waals surface area contributed by atoms with Crippen molar-refractivity contribution in [3.8, 4) is 0 Å². The van der Waals surface area contributed by atoms with E-state index < -0.39 is 0 Å². The van der Waals surface area contributed by atoms with Crippen LogP contribution in [0.1, 0.15) is 26.0 Å². The predicted octanol–water partition coefficient (Wildman–Crippen LogP) is 2.36. The largest absolute Gasteiger partial charge is 0.388 e. The van der Waals surface area contributed by atoms with Crippen LogP contribution in [0, 0.1) is 0 Å². The summed E-state index contributed by atoms with van der Waals surface area (Å²) in [5.41, 5.74) is 2.27. The Morgan fingerprint density at radius 3 is 2.80 bits per heavy atom. The first-order chi connectivity index (χ1) is 7.30. The van der Waals surface area contributed by atoms with Crippen molar-refractivity contribution in [2.24, 2.45) is 0 Å². The lowest BCUT2D eigenvalue weighted by atomic mass is 10.3. The van der Waals surface area contributed by atoms with E-state index in [1.165, 1.54) is 6.42 Å². The lowest BCUT2D eigenvalue weighted by Crippen LogP contribution is -2.24. The number of rotatable bonds is 6. The van der Waals surface area contributed by atoms with Crippen LogP contribution in [0.25, 0.3) is 0 Å². The maximum Gasteiger partial charge on any atom is 0.0564 e. The molecule has 3 nitrogen and oxygen atoms in total. The highest BCUT2D eigenvalue weighted by Gasteiger charge is 2.03. The minimum Gasteiger partial charge on any atom is -0.388 e. The summed E-state index contributed by atoms with van der Waals surface area (Å²) in [6.07, 6.45) is 3.06. The molecule has 0 unspecified atom stereocenters. The molecule has 0 spiro atoms. The molecule has 0 aliphatic heterocycles. The molecule has 84 valence electrons. The molecule has 15 heavy (non-hydrogen) atoms. The van der Waals surface area contributed by atoms with Gasteiger partial charge in [0.2, 0.25) is 0 Å². The van der Waals surface area contributed by atoms with E-state index in [-0.39, 0.29) is 0 Å². The van der Waals surface area contributed by atoms with Crippen LogP contribution in [0.2, 0.25) is 0 Å². The Balaban J connectivity index is 2.61. The van der Waals surface area contributed by atoms with Gasteiger partial charge in [0.25, 0.3) is 0 Å². The van der Waals surface area contributed by atoms with Crippen molar-refractivity contribution in [2.45, 2.75) is 26.8 Å². The van der Waals surface area contributed by atoms with Crippen LogP contribution in [0.15, 0.2) is 18.3 Å². The summed E-state index contributed by atoms with van der Waals surface area (Å²) >= 11 is 0. The van der Waals surface area contributed by atoms with Crippen LogP contribution in [-0.2, 0) is 6.54 Å². The third-order valence-electron chi connectivity index (χ3n) is 2.48. The Morgan fingerprint density at radius 2 is 2.20 bits per heavy atom. The second-order valence-corrected chi connectivity index (χ2v) is 3.65. The monoisotopic (exact) mass is 207 g/mol. The van der Waals surface area contributed by atoms with Crippen molar-refractivity contribution < 1.29 is 0 Å². The summed E-state index contributed by atoms with van der Waals surface area (Å²) < 4.78 is 0. The van der Waals surface area contributed by atoms with Gasteiger partial charge in [-0.05, 0) is 31.6 Å². The molecule has 1 rings (SSSR count). The van der Waals surface area contributed by atoms with E-state index in [2.05, 4.69) is 35.1 Å². The number of anilines is 1. The first-order valence-electron chi connectivity index (χ1n) is 5.65. The second kappa shape index (κ2) is 6.40. The van der Waals surface area contributed by atoms with Gasteiger partial charge >= 0.3 is 0 Å². The maximum atomic E-state index is 4.38. The normalized spacial score (nSPS) is 10.7. The zero-order valence-corrected chi connectivity index (χ0v) is 9.95. The van der Waals surface area contributed by atoms with E-state index in [4.69, 9.17) is 0 Å². The van der Waals surface area contributed by atoms with E-state index in [9.17, 15) is 0 Å². The van der Waals surface area contributed by atoms with Gasteiger partial charge in [0.15, 0.2) is 0 Å². The topological polar surface area (TPSA) is 28.2 Å². The van der Waals surface area contributed by atoms with Crippen LogP contribution < -0.4 is 5.32 Å². The molecular formula is C12H21N3. The van der Waals surface area contributed by atoms with Crippen molar-refractivity contribution in [3.05, 3.63) is 24.0 Å². The number of hydrogen-bond donors (Lipinski definition) is 1. The van der Waals surface area contributed by atoms with Gasteiger partial charge < -0.3 is 5.32 Å². The van der Waals surface area contributed by atoms with Crippen LogP contribution in [0.4, 0.5) is 5.69 Å². The SMILES string of the molecule is CCCN(CC)Cc1cc(NC)ccn1. The zero-order valence-electron chi connectivity index (χ0n) is 9.95. The van der Waals surface area contributed by atoms with E-state index in [1.807, 2.05) is 19.3 Å². The van der Waals surface area contributed by atoms with Crippen molar-refractivity contribution in [2.75, 3.05) is 25.5 Å². The van der Waals surface area contributed by atoms with E-state index >= 15 is 0 Å². The molecule has 0 saturated carbocycles. The first kappa shape index (κ1) is 12.0. The fourth-order valence-corrected chi connectivity index (χ4v) is 1.61. The summed E-state index contributed by atoms with van der Waals surface area (Å²) in [4.78, 5) is 6.78. The molecule has 1 heterocycles. The molecule has 1 N–H and O–H groups in total. The average molecular weight is 207 g/mol. The molecule has 0 amide bonds. The molecule has 0 radical (unpaired) electrons. The van der Waals surface area contributed by atoms with E-state index in [0.29, 0.717) is 0 Å². The fraction of sp³-hybridized carbons (Fsp3) is 0.583. The molecule has 0 aliphatic rings. The molecule has 0 bridgehead atoms. The second-order valence-electron chi connectivity index (χ2n) is 3.65. The standard InChI is InChI=1S/C12H21N3/c1-4-8-15(5-2)10-12-9-11(13-3)6-7-14-12/h6-7,9H,4-5,8,10H2,1-3H3,(H,13,14). The van der Waals surface area contributed by atoms with Gasteiger partial charge in [0.05, 0.1) is 5.69 Å². The van der Waals surface area contributed by atoms with Crippen molar-refractivity contribution in [1.82, 2.24) is 9.88 Å². The number of aromatic nitrogens is 1. The highest BCUT2D eigenvalue weighted by molar-refractivity contribution is 5.42. The summed E-state index contributed by atoms with van der Waals surface area (Å²) in [5, 5.41) is 3.13. The number of hydrogen-bond acceptors (Lipinski definition) is 3. The highest BCUT2D eigenvalue weighted by atomic mass is 15.1. The highest BCUT2D eigenvalue weighted by Crippen LogP contribution is 2.09. The molecule has 1 aromatic heterocycles. The molecule has 0 fully saturated rings. The number of nitrogens with zero attached hydrogens (tertiary/aromatic N) is 2. The summed E-state index contributed by atoms with van der Waals surface area (Å²) in [6.45, 7) is 7.57. The van der Waals surface area contributed by atoms with E-state index in [1.54, 1.807) is 0 Å². The molecule has 1 aromatic rings. The lowest BCUT2D eigenvalue weighted by Gasteiger charge is -2.19. The van der Waals surface area contributed by atoms with Gasteiger partial charge in [-0.1, -0.05) is 13.8 Å². The minimum absolute atomic E-state index is 0.944. The maximum absolute atomic E-state index is 4.38. The fourth-order valence-electron chi connectivity index (χ4n) is 1.61. The minimum atomic E-state index is 0.944. The predicted molar refractivity (Wildman–Crippen MR) is 65.0 cm³/mol. The van der Waals surface area contributed by atoms with Gasteiger partial charge in [-0.2, -0.15) is 0 Å². The van der Waals surface area contributed by atoms with Crippen LogP contribution in [0.5, 0.6) is 0 Å². The van der Waals surface area contributed by atoms with Gasteiger partial charge in [-0.3, -0.25) is 9.88 Å². The average Bonchev–Trinajstić information content (AvgIpc) is 2.29. The van der Waals surface area contributed by atoms with Crippen molar-refractivity contribution in [1.29, 1.82) is 0 Å². The Kier molecular flexibility index (Phi) is 5.12. The summed E-state index contributed by atoms with van der Waals surface area (Å²) in [6, 6.07) is 4.10. The van der Waals surface area contributed by atoms with Gasteiger partial charge in [-0.25, -0.2) is 0 Å². The van der Waals surface area contributed by atoms with Crippen LogP contribution in [0.3, 0.4) is 0 Å². The summed E-state index contributed by atoms with van der Waals surface area (Å²) in [7, 11) is 1.93. The number of nitrogens with one attached hydrogen (secondary N) is 1. The zero-order chi connectivity index (χ0) is 11.1. The van der Waals surface area contributed by atoms with Crippen molar-refractivity contribution in [3.63, 3.8) is 0 Å². The van der Waals surface area contributed by atoms with Gasteiger partial charge in [0, 0.05) is 25.5 Å². The molecule has 0 aliphatic carbocycles. The Morgan fingerprint density at radius 1 is 1.40 bits per heavy atom. The quantitative estimate of drug-likeness (QED) is 0.776. The van der Waals surface area contributed by atoms with E-state index in [0.717, 1.165) is 31.0 Å². The molecular weight excluding hydrogens is 186 g/mol. The molecule has 0 atom stereocenters. The van der Waals surface area contributed by atoms with Crippen LogP contribution in [-0.4, -0.2) is 30.0 Å². The summed E-state index contributed by atoms with van der Waals surface area (Å²) in [5.74, 6) is 0.